The molecule has 0 spiro atoms. The van der Waals surface area contributed by atoms with E-state index >= 15 is 0 Å². The summed E-state index contributed by atoms with van der Waals surface area (Å²) in [7, 11) is 2.04. The predicted octanol–water partition coefficient (Wildman–Crippen LogP) is 3.70. The minimum absolute atomic E-state index is 0.0273. The second-order valence-corrected chi connectivity index (χ2v) is 8.05. The number of para-hydroxylation sites is 1. The molecule has 6 heteroatoms. The van der Waals surface area contributed by atoms with E-state index in [1.807, 2.05) is 25.2 Å². The molecule has 1 fully saturated rings. The van der Waals surface area contributed by atoms with Gasteiger partial charge >= 0.3 is 0 Å². The molecule has 0 radical (unpaired) electrons. The molecule has 3 heterocycles. The highest BCUT2D eigenvalue weighted by atomic mass is 16.1. The van der Waals surface area contributed by atoms with Gasteiger partial charge in [0.1, 0.15) is 0 Å². The number of amides is 1. The highest BCUT2D eigenvalue weighted by Gasteiger charge is 2.19. The van der Waals surface area contributed by atoms with Gasteiger partial charge in [-0.25, -0.2) is 4.98 Å². The summed E-state index contributed by atoms with van der Waals surface area (Å²) in [5.74, 6) is 0.887. The molecule has 4 aromatic rings. The minimum atomic E-state index is -0.0273. The maximum atomic E-state index is 12.8. The summed E-state index contributed by atoms with van der Waals surface area (Å²) in [6.07, 6.45) is 2.12. The number of aromatic nitrogens is 3. The van der Waals surface area contributed by atoms with Gasteiger partial charge in [-0.15, -0.1) is 0 Å². The molecule has 0 saturated carbocycles. The number of carbonyl (C=O) groups is 1. The Hall–Kier alpha value is -3.12. The summed E-state index contributed by atoms with van der Waals surface area (Å²) in [5, 5.41) is 7.70. The summed E-state index contributed by atoms with van der Waals surface area (Å²) in [6.45, 7) is 4.89. The zero-order valence-electron chi connectivity index (χ0n) is 17.5. The van der Waals surface area contributed by atoms with Crippen LogP contribution < -0.4 is 10.6 Å². The van der Waals surface area contributed by atoms with E-state index in [9.17, 15) is 4.79 Å². The predicted molar refractivity (Wildman–Crippen MR) is 121 cm³/mol. The molecule has 2 aromatic heterocycles. The first-order valence-electron chi connectivity index (χ1n) is 10.7. The number of carbonyl (C=O) groups excluding carboxylic acids is 1. The molecule has 1 unspecified atom stereocenters. The SMILES string of the molecule is CCn1c(-c2nc3cc(C(=O)NC4CCCNC4)ccc3n2C)cc2ccccc21. The molecule has 1 aliphatic heterocycles. The number of piperidine rings is 1. The molecule has 1 atom stereocenters. The van der Waals surface area contributed by atoms with Crippen LogP contribution in [-0.2, 0) is 13.6 Å². The average Bonchev–Trinajstić information content (AvgIpc) is 3.31. The maximum absolute atomic E-state index is 12.8. The molecule has 5 rings (SSSR count). The van der Waals surface area contributed by atoms with Crippen molar-refractivity contribution in [3.8, 4) is 11.5 Å². The third-order valence-corrected chi connectivity index (χ3v) is 6.13. The molecular weight excluding hydrogens is 374 g/mol. The van der Waals surface area contributed by atoms with Crippen molar-refractivity contribution in [2.24, 2.45) is 7.05 Å². The lowest BCUT2D eigenvalue weighted by atomic mass is 10.1. The van der Waals surface area contributed by atoms with Crippen molar-refractivity contribution in [1.82, 2.24) is 24.8 Å². The molecule has 1 aliphatic rings. The number of benzene rings is 2. The zero-order valence-corrected chi connectivity index (χ0v) is 17.5. The maximum Gasteiger partial charge on any atom is 0.251 e. The van der Waals surface area contributed by atoms with Crippen molar-refractivity contribution in [2.45, 2.75) is 32.4 Å². The monoisotopic (exact) mass is 401 g/mol. The van der Waals surface area contributed by atoms with Crippen LogP contribution in [0.5, 0.6) is 0 Å². The van der Waals surface area contributed by atoms with Gasteiger partial charge in [-0.2, -0.15) is 0 Å². The Balaban J connectivity index is 1.52. The van der Waals surface area contributed by atoms with Crippen LogP contribution in [-0.4, -0.2) is 39.2 Å². The van der Waals surface area contributed by atoms with Gasteiger partial charge in [0.05, 0.1) is 16.7 Å². The van der Waals surface area contributed by atoms with Gasteiger partial charge < -0.3 is 19.8 Å². The van der Waals surface area contributed by atoms with E-state index in [-0.39, 0.29) is 11.9 Å². The summed E-state index contributed by atoms with van der Waals surface area (Å²) in [6, 6.07) is 16.6. The van der Waals surface area contributed by atoms with Crippen LogP contribution in [0.1, 0.15) is 30.1 Å². The lowest BCUT2D eigenvalue weighted by Crippen LogP contribution is -2.45. The quantitative estimate of drug-likeness (QED) is 0.548. The average molecular weight is 402 g/mol. The Bertz CT molecular complexity index is 1230. The lowest BCUT2D eigenvalue weighted by molar-refractivity contribution is 0.0931. The Morgan fingerprint density at radius 3 is 2.87 bits per heavy atom. The van der Waals surface area contributed by atoms with Crippen molar-refractivity contribution >= 4 is 27.8 Å². The van der Waals surface area contributed by atoms with E-state index in [0.717, 1.165) is 55.0 Å². The molecule has 2 aromatic carbocycles. The van der Waals surface area contributed by atoms with Crippen LogP contribution >= 0.6 is 0 Å². The highest BCUT2D eigenvalue weighted by Crippen LogP contribution is 2.30. The van der Waals surface area contributed by atoms with Crippen molar-refractivity contribution in [2.75, 3.05) is 13.1 Å². The van der Waals surface area contributed by atoms with Crippen molar-refractivity contribution in [3.05, 3.63) is 54.1 Å². The number of hydrogen-bond acceptors (Lipinski definition) is 3. The Labute approximate surface area is 175 Å². The number of rotatable bonds is 4. The largest absolute Gasteiger partial charge is 0.348 e. The fourth-order valence-corrected chi connectivity index (χ4v) is 4.55. The molecule has 30 heavy (non-hydrogen) atoms. The second-order valence-electron chi connectivity index (χ2n) is 8.05. The zero-order chi connectivity index (χ0) is 20.7. The van der Waals surface area contributed by atoms with Crippen LogP contribution in [0, 0.1) is 0 Å². The molecule has 1 amide bonds. The Morgan fingerprint density at radius 1 is 1.20 bits per heavy atom. The normalized spacial score (nSPS) is 16.9. The first kappa shape index (κ1) is 18.9. The van der Waals surface area contributed by atoms with Gasteiger partial charge in [-0.05, 0) is 56.6 Å². The molecule has 0 bridgehead atoms. The lowest BCUT2D eigenvalue weighted by Gasteiger charge is -2.23. The van der Waals surface area contributed by atoms with E-state index in [2.05, 4.69) is 57.0 Å². The second kappa shape index (κ2) is 7.61. The standard InChI is InChI=1S/C24H27N5O/c1-3-29-20-9-5-4-7-16(20)14-22(29)23-27-19-13-17(10-11-21(19)28(23)2)24(30)26-18-8-6-12-25-15-18/h4-5,7,9-11,13-14,18,25H,3,6,8,12,15H2,1-2H3,(H,26,30). The van der Waals surface area contributed by atoms with Gasteiger partial charge in [0.2, 0.25) is 0 Å². The number of nitrogens with zero attached hydrogens (tertiary/aromatic N) is 3. The molecule has 154 valence electrons. The van der Waals surface area contributed by atoms with Crippen LogP contribution in [0.3, 0.4) is 0 Å². The highest BCUT2D eigenvalue weighted by molar-refractivity contribution is 5.98. The summed E-state index contributed by atoms with van der Waals surface area (Å²) < 4.78 is 4.41. The fraction of sp³-hybridized carbons (Fsp3) is 0.333. The topological polar surface area (TPSA) is 63.9 Å². The third-order valence-electron chi connectivity index (χ3n) is 6.13. The van der Waals surface area contributed by atoms with Crippen molar-refractivity contribution in [3.63, 3.8) is 0 Å². The molecule has 1 saturated heterocycles. The van der Waals surface area contributed by atoms with Gasteiger partial charge in [0.15, 0.2) is 5.82 Å². The molecule has 0 aliphatic carbocycles. The van der Waals surface area contributed by atoms with E-state index in [4.69, 9.17) is 4.98 Å². The third kappa shape index (κ3) is 3.17. The van der Waals surface area contributed by atoms with Crippen molar-refractivity contribution in [1.29, 1.82) is 0 Å². The molecular formula is C24H27N5O. The molecule has 6 nitrogen and oxygen atoms in total. The summed E-state index contributed by atoms with van der Waals surface area (Å²) in [4.78, 5) is 17.7. The smallest absolute Gasteiger partial charge is 0.251 e. The number of imidazole rings is 1. The number of hydrogen-bond donors (Lipinski definition) is 2. The van der Waals surface area contributed by atoms with Crippen LogP contribution in [0.25, 0.3) is 33.5 Å². The fourth-order valence-electron chi connectivity index (χ4n) is 4.55. The van der Waals surface area contributed by atoms with Crippen molar-refractivity contribution < 1.29 is 4.79 Å². The van der Waals surface area contributed by atoms with Gasteiger partial charge in [-0.1, -0.05) is 18.2 Å². The van der Waals surface area contributed by atoms with Crippen LogP contribution in [0.2, 0.25) is 0 Å². The Kier molecular flexibility index (Phi) is 4.79. The number of aryl methyl sites for hydroxylation is 2. The molecule has 2 N–H and O–H groups in total. The number of nitrogens with one attached hydrogen (secondary N) is 2. The number of fused-ring (bicyclic) bond motifs is 2. The summed E-state index contributed by atoms with van der Waals surface area (Å²) >= 11 is 0. The Morgan fingerprint density at radius 2 is 2.07 bits per heavy atom. The van der Waals surface area contributed by atoms with E-state index < -0.39 is 0 Å². The van der Waals surface area contributed by atoms with Gasteiger partial charge in [0, 0.05) is 42.6 Å². The van der Waals surface area contributed by atoms with E-state index in [1.54, 1.807) is 0 Å². The van der Waals surface area contributed by atoms with Crippen LogP contribution in [0.15, 0.2) is 48.5 Å². The summed E-state index contributed by atoms with van der Waals surface area (Å²) in [5.41, 5.74) is 4.83. The van der Waals surface area contributed by atoms with Gasteiger partial charge in [-0.3, -0.25) is 4.79 Å². The first-order chi connectivity index (χ1) is 14.7. The van der Waals surface area contributed by atoms with E-state index in [1.165, 1.54) is 10.9 Å². The van der Waals surface area contributed by atoms with Crippen LogP contribution in [0.4, 0.5) is 0 Å². The minimum Gasteiger partial charge on any atom is -0.348 e. The van der Waals surface area contributed by atoms with Gasteiger partial charge in [0.25, 0.3) is 5.91 Å². The van der Waals surface area contributed by atoms with E-state index in [0.29, 0.717) is 5.56 Å². The first-order valence-corrected chi connectivity index (χ1v) is 10.7.